The summed E-state index contributed by atoms with van der Waals surface area (Å²) in [5.41, 5.74) is 5.96. The molecule has 3 N–H and O–H groups in total. The summed E-state index contributed by atoms with van der Waals surface area (Å²) in [6.45, 7) is 0. The minimum absolute atomic E-state index is 0.108. The summed E-state index contributed by atoms with van der Waals surface area (Å²) in [5.74, 6) is -1.03. The van der Waals surface area contributed by atoms with Crippen molar-refractivity contribution in [2.45, 2.75) is 9.92 Å². The number of anilines is 1. The average Bonchev–Trinajstić information content (AvgIpc) is 2.34. The molecule has 0 aliphatic rings. The smallest absolute Gasteiger partial charge is 0.337 e. The summed E-state index contributed by atoms with van der Waals surface area (Å²) < 4.78 is 0.899. The maximum Gasteiger partial charge on any atom is 0.337 e. The van der Waals surface area contributed by atoms with Crippen LogP contribution in [-0.2, 0) is 0 Å². The molecule has 18 heavy (non-hydrogen) atoms. The number of nitrogens with two attached hydrogens (primary N) is 1. The van der Waals surface area contributed by atoms with Crippen molar-refractivity contribution >= 4 is 39.3 Å². The van der Waals surface area contributed by atoms with E-state index in [0.29, 0.717) is 0 Å². The van der Waals surface area contributed by atoms with Gasteiger partial charge in [-0.25, -0.2) is 9.78 Å². The van der Waals surface area contributed by atoms with Crippen LogP contribution in [0.15, 0.2) is 50.9 Å². The molecule has 1 heterocycles. The minimum Gasteiger partial charge on any atom is -0.478 e. The van der Waals surface area contributed by atoms with E-state index < -0.39 is 5.97 Å². The van der Waals surface area contributed by atoms with Crippen molar-refractivity contribution in [3.05, 3.63) is 46.6 Å². The highest BCUT2D eigenvalue weighted by atomic mass is 79.9. The van der Waals surface area contributed by atoms with Gasteiger partial charge in [0.15, 0.2) is 0 Å². The fourth-order valence-corrected chi connectivity index (χ4v) is 2.36. The number of rotatable bonds is 3. The van der Waals surface area contributed by atoms with E-state index in [4.69, 9.17) is 10.8 Å². The number of pyridine rings is 1. The molecular formula is C12H9BrN2O2S. The molecule has 0 unspecified atom stereocenters. The lowest BCUT2D eigenvalue weighted by Crippen LogP contribution is -2.02. The summed E-state index contributed by atoms with van der Waals surface area (Å²) in [7, 11) is 0. The first-order chi connectivity index (χ1) is 8.56. The Balaban J connectivity index is 2.27. The van der Waals surface area contributed by atoms with Crippen molar-refractivity contribution in [2.75, 3.05) is 5.73 Å². The third kappa shape index (κ3) is 3.02. The van der Waals surface area contributed by atoms with Gasteiger partial charge in [0.05, 0.1) is 5.56 Å². The van der Waals surface area contributed by atoms with Crippen molar-refractivity contribution in [1.82, 2.24) is 4.98 Å². The number of aromatic carboxylic acids is 1. The van der Waals surface area contributed by atoms with Gasteiger partial charge in [0, 0.05) is 21.3 Å². The molecule has 1 aromatic heterocycles. The Hall–Kier alpha value is -1.53. The summed E-state index contributed by atoms with van der Waals surface area (Å²) in [6, 6.07) is 8.64. The molecule has 6 heteroatoms. The number of hydrogen-bond acceptors (Lipinski definition) is 4. The predicted octanol–water partition coefficient (Wildman–Crippen LogP) is 3.28. The van der Waals surface area contributed by atoms with E-state index in [1.807, 2.05) is 12.1 Å². The third-order valence-electron chi connectivity index (χ3n) is 2.18. The quantitative estimate of drug-likeness (QED) is 0.847. The highest BCUT2D eigenvalue weighted by Crippen LogP contribution is 2.29. The number of carbonyl (C=O) groups is 1. The summed E-state index contributed by atoms with van der Waals surface area (Å²) in [5, 5.41) is 9.77. The van der Waals surface area contributed by atoms with E-state index in [1.165, 1.54) is 11.8 Å². The molecule has 92 valence electrons. The maximum absolute atomic E-state index is 11.0. The van der Waals surface area contributed by atoms with Gasteiger partial charge in [-0.15, -0.1) is 0 Å². The molecule has 0 saturated carbocycles. The topological polar surface area (TPSA) is 76.2 Å². The van der Waals surface area contributed by atoms with Crippen LogP contribution in [0.1, 0.15) is 10.4 Å². The molecule has 0 saturated heterocycles. The fraction of sp³-hybridized carbons (Fsp3) is 0. The number of aromatic nitrogens is 1. The number of benzene rings is 1. The third-order valence-corrected chi connectivity index (χ3v) is 3.59. The van der Waals surface area contributed by atoms with Crippen LogP contribution in [0.4, 0.5) is 5.69 Å². The molecule has 0 aliphatic heterocycles. The Kier molecular flexibility index (Phi) is 3.88. The van der Waals surface area contributed by atoms with Crippen molar-refractivity contribution in [2.24, 2.45) is 0 Å². The molecular weight excluding hydrogens is 316 g/mol. The Morgan fingerprint density at radius 1 is 1.33 bits per heavy atom. The minimum atomic E-state index is -1.03. The lowest BCUT2D eigenvalue weighted by molar-refractivity contribution is 0.0698. The fourth-order valence-electron chi connectivity index (χ4n) is 1.33. The van der Waals surface area contributed by atoms with Crippen LogP contribution < -0.4 is 5.73 Å². The van der Waals surface area contributed by atoms with Crippen molar-refractivity contribution < 1.29 is 9.90 Å². The number of halogens is 1. The monoisotopic (exact) mass is 324 g/mol. The number of carboxylic acid groups (broad SMARTS) is 1. The zero-order valence-electron chi connectivity index (χ0n) is 9.13. The van der Waals surface area contributed by atoms with Gasteiger partial charge in [0.25, 0.3) is 0 Å². The van der Waals surface area contributed by atoms with E-state index in [0.717, 1.165) is 14.4 Å². The molecule has 0 fully saturated rings. The summed E-state index contributed by atoms with van der Waals surface area (Å²) in [6.07, 6.45) is 1.69. The van der Waals surface area contributed by atoms with E-state index in [1.54, 1.807) is 24.4 Å². The van der Waals surface area contributed by atoms with Crippen LogP contribution >= 0.6 is 27.7 Å². The number of hydrogen-bond donors (Lipinski definition) is 2. The SMILES string of the molecule is Nc1ccc(Sc2ccc(Br)cn2)cc1C(=O)O. The molecule has 4 nitrogen and oxygen atoms in total. The Morgan fingerprint density at radius 3 is 2.72 bits per heavy atom. The zero-order valence-corrected chi connectivity index (χ0v) is 11.5. The van der Waals surface area contributed by atoms with Gasteiger partial charge in [0.2, 0.25) is 0 Å². The van der Waals surface area contributed by atoms with E-state index >= 15 is 0 Å². The first kappa shape index (κ1) is 12.9. The molecule has 1 aromatic carbocycles. The molecule has 0 aliphatic carbocycles. The zero-order chi connectivity index (χ0) is 13.1. The first-order valence-electron chi connectivity index (χ1n) is 4.98. The van der Waals surface area contributed by atoms with Crippen molar-refractivity contribution in [3.8, 4) is 0 Å². The van der Waals surface area contributed by atoms with Crippen LogP contribution in [0.5, 0.6) is 0 Å². The summed E-state index contributed by atoms with van der Waals surface area (Å²) in [4.78, 5) is 16.0. The van der Waals surface area contributed by atoms with Gasteiger partial charge in [0.1, 0.15) is 5.03 Å². The standard InChI is InChI=1S/C12H9BrN2O2S/c13-7-1-4-11(15-6-7)18-8-2-3-10(14)9(5-8)12(16)17/h1-6H,14H2,(H,16,17). The molecule has 2 aromatic rings. The van der Waals surface area contributed by atoms with E-state index in [9.17, 15) is 4.79 Å². The number of carboxylic acids is 1. The van der Waals surface area contributed by atoms with Crippen molar-refractivity contribution in [1.29, 1.82) is 0 Å². The highest BCUT2D eigenvalue weighted by molar-refractivity contribution is 9.10. The molecule has 0 bridgehead atoms. The second-order valence-electron chi connectivity index (χ2n) is 3.47. The van der Waals surface area contributed by atoms with Gasteiger partial charge in [-0.2, -0.15) is 0 Å². The van der Waals surface area contributed by atoms with Gasteiger partial charge in [-0.3, -0.25) is 0 Å². The first-order valence-corrected chi connectivity index (χ1v) is 6.59. The second kappa shape index (κ2) is 5.41. The lowest BCUT2D eigenvalue weighted by Gasteiger charge is -2.04. The van der Waals surface area contributed by atoms with Gasteiger partial charge < -0.3 is 10.8 Å². The van der Waals surface area contributed by atoms with E-state index in [-0.39, 0.29) is 11.3 Å². The number of nitrogens with zero attached hydrogens (tertiary/aromatic N) is 1. The Morgan fingerprint density at radius 2 is 2.11 bits per heavy atom. The van der Waals surface area contributed by atoms with Gasteiger partial charge in [-0.05, 0) is 46.3 Å². The largest absolute Gasteiger partial charge is 0.478 e. The van der Waals surface area contributed by atoms with Crippen LogP contribution in [0.3, 0.4) is 0 Å². The van der Waals surface area contributed by atoms with Crippen LogP contribution in [0.25, 0.3) is 0 Å². The Bertz CT molecular complexity index is 587. The summed E-state index contributed by atoms with van der Waals surface area (Å²) >= 11 is 4.69. The van der Waals surface area contributed by atoms with Gasteiger partial charge in [-0.1, -0.05) is 11.8 Å². The normalized spacial score (nSPS) is 10.3. The van der Waals surface area contributed by atoms with Crippen molar-refractivity contribution in [3.63, 3.8) is 0 Å². The molecule has 0 atom stereocenters. The van der Waals surface area contributed by atoms with E-state index in [2.05, 4.69) is 20.9 Å². The van der Waals surface area contributed by atoms with Gasteiger partial charge >= 0.3 is 5.97 Å². The van der Waals surface area contributed by atoms with Crippen LogP contribution in [0, 0.1) is 0 Å². The molecule has 0 amide bonds. The molecule has 0 spiro atoms. The van der Waals surface area contributed by atoms with Crippen LogP contribution in [0.2, 0.25) is 0 Å². The second-order valence-corrected chi connectivity index (χ2v) is 5.48. The Labute approximate surface area is 116 Å². The highest BCUT2D eigenvalue weighted by Gasteiger charge is 2.09. The number of nitrogen functional groups attached to an aromatic ring is 1. The maximum atomic E-state index is 11.0. The molecule has 0 radical (unpaired) electrons. The van der Waals surface area contributed by atoms with Crippen LogP contribution in [-0.4, -0.2) is 16.1 Å². The average molecular weight is 325 g/mol. The molecule has 2 rings (SSSR count). The lowest BCUT2D eigenvalue weighted by atomic mass is 10.2. The predicted molar refractivity (Wildman–Crippen MR) is 73.9 cm³/mol.